The number of hydrogen-bond donors (Lipinski definition) is 1. The van der Waals surface area contributed by atoms with Gasteiger partial charge in [0.25, 0.3) is 0 Å². The summed E-state index contributed by atoms with van der Waals surface area (Å²) >= 11 is 0. The van der Waals surface area contributed by atoms with E-state index in [9.17, 15) is 0 Å². The zero-order valence-electron chi connectivity index (χ0n) is 11.0. The summed E-state index contributed by atoms with van der Waals surface area (Å²) in [5.41, 5.74) is 5.90. The van der Waals surface area contributed by atoms with Crippen molar-refractivity contribution in [3.05, 3.63) is 23.7 Å². The highest BCUT2D eigenvalue weighted by molar-refractivity contribution is 5.11. The molecule has 0 amide bonds. The zero-order valence-corrected chi connectivity index (χ0v) is 11.0. The van der Waals surface area contributed by atoms with Gasteiger partial charge in [0, 0.05) is 25.7 Å². The Kier molecular flexibility index (Phi) is 3.86. The maximum Gasteiger partial charge on any atom is 0.122 e. The Balaban J connectivity index is 2.05. The van der Waals surface area contributed by atoms with Crippen molar-refractivity contribution in [2.75, 3.05) is 33.7 Å². The summed E-state index contributed by atoms with van der Waals surface area (Å²) in [7, 11) is 4.28. The molecule has 2 N–H and O–H groups in total. The third kappa shape index (κ3) is 2.70. The van der Waals surface area contributed by atoms with Crippen molar-refractivity contribution in [1.82, 2.24) is 9.80 Å². The zero-order chi connectivity index (χ0) is 12.4. The van der Waals surface area contributed by atoms with E-state index >= 15 is 0 Å². The Morgan fingerprint density at radius 1 is 1.53 bits per heavy atom. The van der Waals surface area contributed by atoms with Gasteiger partial charge in [-0.15, -0.1) is 0 Å². The smallest absolute Gasteiger partial charge is 0.122 e. The SMILES string of the molecule is Cc1ccc(C(CN)N2CCC(N(C)C)C2)o1. The van der Waals surface area contributed by atoms with Crippen LogP contribution in [0.15, 0.2) is 16.5 Å². The molecule has 2 rings (SSSR count). The van der Waals surface area contributed by atoms with Gasteiger partial charge in [0.05, 0.1) is 6.04 Å². The fraction of sp³-hybridized carbons (Fsp3) is 0.692. The first-order chi connectivity index (χ1) is 8.11. The molecule has 0 aromatic carbocycles. The molecule has 1 aliphatic rings. The van der Waals surface area contributed by atoms with Gasteiger partial charge < -0.3 is 15.1 Å². The molecular formula is C13H23N3O. The van der Waals surface area contributed by atoms with Crippen molar-refractivity contribution >= 4 is 0 Å². The Hall–Kier alpha value is -0.840. The van der Waals surface area contributed by atoms with E-state index in [0.717, 1.165) is 24.6 Å². The molecule has 17 heavy (non-hydrogen) atoms. The first kappa shape index (κ1) is 12.6. The molecule has 2 atom stereocenters. The summed E-state index contributed by atoms with van der Waals surface area (Å²) in [5.74, 6) is 1.96. The second-order valence-corrected chi connectivity index (χ2v) is 5.10. The number of likely N-dealkylation sites (tertiary alicyclic amines) is 1. The van der Waals surface area contributed by atoms with Gasteiger partial charge in [-0.3, -0.25) is 4.90 Å². The number of likely N-dealkylation sites (N-methyl/N-ethyl adjacent to an activating group) is 1. The van der Waals surface area contributed by atoms with Crippen LogP contribution in [0.25, 0.3) is 0 Å². The highest BCUT2D eigenvalue weighted by Crippen LogP contribution is 2.26. The van der Waals surface area contributed by atoms with Gasteiger partial charge in [-0.1, -0.05) is 0 Å². The fourth-order valence-corrected chi connectivity index (χ4v) is 2.55. The van der Waals surface area contributed by atoms with Gasteiger partial charge in [0.1, 0.15) is 11.5 Å². The highest BCUT2D eigenvalue weighted by Gasteiger charge is 2.30. The summed E-state index contributed by atoms with van der Waals surface area (Å²) < 4.78 is 5.71. The molecule has 0 saturated carbocycles. The molecule has 0 aliphatic carbocycles. The van der Waals surface area contributed by atoms with E-state index in [1.54, 1.807) is 0 Å². The monoisotopic (exact) mass is 237 g/mol. The summed E-state index contributed by atoms with van der Waals surface area (Å²) in [5, 5.41) is 0. The summed E-state index contributed by atoms with van der Waals surface area (Å²) in [4.78, 5) is 4.73. The lowest BCUT2D eigenvalue weighted by molar-refractivity contribution is 0.198. The molecule has 4 nitrogen and oxygen atoms in total. The molecule has 1 aromatic rings. The summed E-state index contributed by atoms with van der Waals surface area (Å²) in [6.45, 7) is 4.77. The molecule has 96 valence electrons. The molecule has 0 spiro atoms. The van der Waals surface area contributed by atoms with Gasteiger partial charge in [-0.05, 0) is 39.6 Å². The van der Waals surface area contributed by atoms with Crippen LogP contribution in [0.5, 0.6) is 0 Å². The largest absolute Gasteiger partial charge is 0.465 e. The Morgan fingerprint density at radius 2 is 2.29 bits per heavy atom. The first-order valence-electron chi connectivity index (χ1n) is 6.28. The molecule has 0 bridgehead atoms. The van der Waals surface area contributed by atoms with Crippen molar-refractivity contribution in [3.8, 4) is 0 Å². The van der Waals surface area contributed by atoms with E-state index in [-0.39, 0.29) is 6.04 Å². The number of rotatable bonds is 4. The molecule has 2 heterocycles. The Bertz CT molecular complexity index is 361. The summed E-state index contributed by atoms with van der Waals surface area (Å²) in [6, 6.07) is 4.93. The topological polar surface area (TPSA) is 45.6 Å². The van der Waals surface area contributed by atoms with E-state index < -0.39 is 0 Å². The van der Waals surface area contributed by atoms with Gasteiger partial charge in [-0.25, -0.2) is 0 Å². The summed E-state index contributed by atoms with van der Waals surface area (Å²) in [6.07, 6.45) is 1.21. The first-order valence-corrected chi connectivity index (χ1v) is 6.28. The van der Waals surface area contributed by atoms with Crippen molar-refractivity contribution in [1.29, 1.82) is 0 Å². The van der Waals surface area contributed by atoms with Gasteiger partial charge in [-0.2, -0.15) is 0 Å². The predicted molar refractivity (Wildman–Crippen MR) is 68.9 cm³/mol. The number of aryl methyl sites for hydroxylation is 1. The molecule has 1 aliphatic heterocycles. The minimum atomic E-state index is 0.230. The minimum Gasteiger partial charge on any atom is -0.465 e. The van der Waals surface area contributed by atoms with Crippen LogP contribution in [0.4, 0.5) is 0 Å². The van der Waals surface area contributed by atoms with Crippen LogP contribution in [-0.2, 0) is 0 Å². The molecule has 2 unspecified atom stereocenters. The van der Waals surface area contributed by atoms with Gasteiger partial charge in [0.2, 0.25) is 0 Å². The second-order valence-electron chi connectivity index (χ2n) is 5.10. The van der Waals surface area contributed by atoms with Crippen LogP contribution >= 0.6 is 0 Å². The Labute approximate surface area is 103 Å². The maximum atomic E-state index is 5.90. The van der Waals surface area contributed by atoms with Crippen molar-refractivity contribution in [2.45, 2.75) is 25.4 Å². The standard InChI is InChI=1S/C13H23N3O/c1-10-4-5-13(17-10)12(8-14)16-7-6-11(9-16)15(2)3/h4-5,11-12H,6-9,14H2,1-3H3. The van der Waals surface area contributed by atoms with Crippen LogP contribution in [0.2, 0.25) is 0 Å². The van der Waals surface area contributed by atoms with E-state index in [0.29, 0.717) is 12.6 Å². The molecule has 4 heteroatoms. The maximum absolute atomic E-state index is 5.90. The third-order valence-corrected chi connectivity index (χ3v) is 3.68. The average Bonchev–Trinajstić information content (AvgIpc) is 2.89. The number of nitrogens with zero attached hydrogens (tertiary/aromatic N) is 2. The predicted octanol–water partition coefficient (Wildman–Crippen LogP) is 1.22. The normalized spacial score (nSPS) is 23.5. The second kappa shape index (κ2) is 5.21. The van der Waals surface area contributed by atoms with Gasteiger partial charge >= 0.3 is 0 Å². The Morgan fingerprint density at radius 3 is 2.76 bits per heavy atom. The van der Waals surface area contributed by atoms with Crippen LogP contribution in [0, 0.1) is 6.92 Å². The van der Waals surface area contributed by atoms with E-state index in [4.69, 9.17) is 10.2 Å². The number of furan rings is 1. The lowest BCUT2D eigenvalue weighted by Crippen LogP contribution is -2.35. The van der Waals surface area contributed by atoms with Crippen LogP contribution < -0.4 is 5.73 Å². The lowest BCUT2D eigenvalue weighted by atomic mass is 10.2. The van der Waals surface area contributed by atoms with Crippen LogP contribution in [0.1, 0.15) is 24.0 Å². The van der Waals surface area contributed by atoms with Crippen molar-refractivity contribution in [2.24, 2.45) is 5.73 Å². The third-order valence-electron chi connectivity index (χ3n) is 3.68. The van der Waals surface area contributed by atoms with E-state index in [1.807, 2.05) is 13.0 Å². The van der Waals surface area contributed by atoms with E-state index in [1.165, 1.54) is 6.42 Å². The highest BCUT2D eigenvalue weighted by atomic mass is 16.3. The molecule has 1 aromatic heterocycles. The minimum absolute atomic E-state index is 0.230. The van der Waals surface area contributed by atoms with Crippen LogP contribution in [0.3, 0.4) is 0 Å². The lowest BCUT2D eigenvalue weighted by Gasteiger charge is -2.26. The molecule has 0 radical (unpaired) electrons. The quantitative estimate of drug-likeness (QED) is 0.855. The number of nitrogens with two attached hydrogens (primary N) is 1. The molecule has 1 saturated heterocycles. The number of hydrogen-bond acceptors (Lipinski definition) is 4. The molecule has 1 fully saturated rings. The van der Waals surface area contributed by atoms with Crippen LogP contribution in [-0.4, -0.2) is 49.6 Å². The molecular weight excluding hydrogens is 214 g/mol. The van der Waals surface area contributed by atoms with Crippen molar-refractivity contribution in [3.63, 3.8) is 0 Å². The van der Waals surface area contributed by atoms with E-state index in [2.05, 4.69) is 30.0 Å². The fourth-order valence-electron chi connectivity index (χ4n) is 2.55. The van der Waals surface area contributed by atoms with Crippen molar-refractivity contribution < 1.29 is 4.42 Å². The average molecular weight is 237 g/mol. The van der Waals surface area contributed by atoms with Gasteiger partial charge in [0.15, 0.2) is 0 Å².